The first-order chi connectivity index (χ1) is 10.3. The summed E-state index contributed by atoms with van der Waals surface area (Å²) in [4.78, 5) is 0. The number of methoxy groups -OCH3 is 1. The minimum absolute atomic E-state index is 0.652. The smallest absolute Gasteiger partial charge is 0.191 e. The van der Waals surface area contributed by atoms with Gasteiger partial charge in [-0.3, -0.25) is 0 Å². The molecule has 0 saturated heterocycles. The van der Waals surface area contributed by atoms with Crippen LogP contribution in [0.15, 0.2) is 35.7 Å². The van der Waals surface area contributed by atoms with Crippen LogP contribution in [0.5, 0.6) is 5.75 Å². The highest BCUT2D eigenvalue weighted by atomic mass is 32.2. The molecular formula is C15H21N3O2S. The Hall–Kier alpha value is -1.53. The molecule has 0 fully saturated rings. The third kappa shape index (κ3) is 5.40. The summed E-state index contributed by atoms with van der Waals surface area (Å²) in [5.74, 6) is 1.76. The van der Waals surface area contributed by atoms with E-state index in [1.165, 1.54) is 5.56 Å². The van der Waals surface area contributed by atoms with Gasteiger partial charge in [0, 0.05) is 26.0 Å². The van der Waals surface area contributed by atoms with Crippen LogP contribution < -0.4 is 4.74 Å². The van der Waals surface area contributed by atoms with Crippen LogP contribution in [0.1, 0.15) is 12.0 Å². The molecule has 0 saturated carbocycles. The first-order valence-corrected chi connectivity index (χ1v) is 7.97. The van der Waals surface area contributed by atoms with Gasteiger partial charge < -0.3 is 14.0 Å². The number of thioether (sulfide) groups is 1. The zero-order valence-corrected chi connectivity index (χ0v) is 13.3. The Morgan fingerprint density at radius 2 is 2.19 bits per heavy atom. The van der Waals surface area contributed by atoms with Crippen molar-refractivity contribution in [2.45, 2.75) is 25.0 Å². The second kappa shape index (κ2) is 8.69. The van der Waals surface area contributed by atoms with Gasteiger partial charge >= 0.3 is 0 Å². The van der Waals surface area contributed by atoms with Crippen LogP contribution in [0, 0.1) is 6.92 Å². The molecule has 21 heavy (non-hydrogen) atoms. The molecule has 2 aromatic rings. The Morgan fingerprint density at radius 3 is 3.00 bits per heavy atom. The van der Waals surface area contributed by atoms with Crippen molar-refractivity contribution >= 4 is 11.8 Å². The number of ether oxygens (including phenoxy) is 2. The lowest BCUT2D eigenvalue weighted by atomic mass is 10.2. The van der Waals surface area contributed by atoms with E-state index >= 15 is 0 Å². The minimum atomic E-state index is 0.652. The average molecular weight is 307 g/mol. The maximum absolute atomic E-state index is 5.73. The standard InChI is InChI=1S/C15H21N3O2S/c1-13-5-3-6-14(11-13)20-9-10-21-15-17-16-12-18(15)7-4-8-19-2/h3,5-6,11-12H,4,7-10H2,1-2H3. The Kier molecular flexibility index (Phi) is 6.56. The van der Waals surface area contributed by atoms with Crippen LogP contribution in [0.3, 0.4) is 0 Å². The van der Waals surface area contributed by atoms with Crippen LogP contribution >= 0.6 is 11.8 Å². The van der Waals surface area contributed by atoms with E-state index in [2.05, 4.69) is 27.8 Å². The number of nitrogens with zero attached hydrogens (tertiary/aromatic N) is 3. The monoisotopic (exact) mass is 307 g/mol. The first kappa shape index (κ1) is 15.9. The third-order valence-corrected chi connectivity index (χ3v) is 3.85. The quantitative estimate of drug-likeness (QED) is 0.526. The van der Waals surface area contributed by atoms with Gasteiger partial charge in [-0.15, -0.1) is 10.2 Å². The lowest BCUT2D eigenvalue weighted by molar-refractivity contribution is 0.189. The van der Waals surface area contributed by atoms with Gasteiger partial charge in [-0.2, -0.15) is 0 Å². The Labute approximate surface area is 129 Å². The lowest BCUT2D eigenvalue weighted by Crippen LogP contribution is -2.04. The molecule has 0 spiro atoms. The molecule has 0 bridgehead atoms. The fourth-order valence-corrected chi connectivity index (χ4v) is 2.64. The molecule has 0 aliphatic rings. The number of rotatable bonds is 9. The van der Waals surface area contributed by atoms with Crippen LogP contribution in [0.25, 0.3) is 0 Å². The SMILES string of the molecule is COCCCn1cnnc1SCCOc1cccc(C)c1. The van der Waals surface area contributed by atoms with Crippen molar-refractivity contribution in [3.8, 4) is 5.75 Å². The van der Waals surface area contributed by atoms with Gasteiger partial charge in [0.2, 0.25) is 0 Å². The van der Waals surface area contributed by atoms with Crippen molar-refractivity contribution in [3.05, 3.63) is 36.2 Å². The van der Waals surface area contributed by atoms with E-state index < -0.39 is 0 Å². The van der Waals surface area contributed by atoms with E-state index in [0.29, 0.717) is 6.61 Å². The summed E-state index contributed by atoms with van der Waals surface area (Å²) in [7, 11) is 1.71. The average Bonchev–Trinajstić information content (AvgIpc) is 2.92. The molecule has 1 aromatic carbocycles. The predicted molar refractivity (Wildman–Crippen MR) is 83.9 cm³/mol. The summed E-state index contributed by atoms with van der Waals surface area (Å²) >= 11 is 1.66. The van der Waals surface area contributed by atoms with Gasteiger partial charge in [0.25, 0.3) is 0 Å². The van der Waals surface area contributed by atoms with Crippen molar-refractivity contribution in [1.29, 1.82) is 0 Å². The number of benzene rings is 1. The fraction of sp³-hybridized carbons (Fsp3) is 0.467. The van der Waals surface area contributed by atoms with E-state index in [1.54, 1.807) is 25.2 Å². The summed E-state index contributed by atoms with van der Waals surface area (Å²) in [5, 5.41) is 9.02. The van der Waals surface area contributed by atoms with Gasteiger partial charge in [-0.05, 0) is 31.0 Å². The molecule has 0 aliphatic carbocycles. The molecule has 2 rings (SSSR count). The van der Waals surface area contributed by atoms with Gasteiger partial charge in [-0.1, -0.05) is 23.9 Å². The topological polar surface area (TPSA) is 49.2 Å². The molecule has 0 unspecified atom stereocenters. The van der Waals surface area contributed by atoms with Crippen molar-refractivity contribution < 1.29 is 9.47 Å². The summed E-state index contributed by atoms with van der Waals surface area (Å²) < 4.78 is 12.8. The van der Waals surface area contributed by atoms with Crippen molar-refractivity contribution in [1.82, 2.24) is 14.8 Å². The van der Waals surface area contributed by atoms with Crippen molar-refractivity contribution in [2.75, 3.05) is 26.1 Å². The molecule has 0 atom stereocenters. The maximum Gasteiger partial charge on any atom is 0.191 e. The van der Waals surface area contributed by atoms with E-state index in [-0.39, 0.29) is 0 Å². The molecule has 6 heteroatoms. The number of aromatic nitrogens is 3. The van der Waals surface area contributed by atoms with Gasteiger partial charge in [0.05, 0.1) is 6.61 Å². The summed E-state index contributed by atoms with van der Waals surface area (Å²) in [6, 6.07) is 8.08. The van der Waals surface area contributed by atoms with Crippen LogP contribution in [-0.4, -0.2) is 40.8 Å². The molecule has 0 amide bonds. The molecule has 5 nitrogen and oxygen atoms in total. The van der Waals surface area contributed by atoms with Crippen LogP contribution in [0.2, 0.25) is 0 Å². The second-order valence-corrected chi connectivity index (χ2v) is 5.73. The highest BCUT2D eigenvalue weighted by Gasteiger charge is 2.04. The van der Waals surface area contributed by atoms with Gasteiger partial charge in [-0.25, -0.2) is 0 Å². The van der Waals surface area contributed by atoms with E-state index in [1.807, 2.05) is 18.2 Å². The highest BCUT2D eigenvalue weighted by molar-refractivity contribution is 7.99. The van der Waals surface area contributed by atoms with Crippen LogP contribution in [-0.2, 0) is 11.3 Å². The summed E-state index contributed by atoms with van der Waals surface area (Å²) in [5.41, 5.74) is 1.21. The molecule has 0 N–H and O–H groups in total. The Balaban J connectivity index is 1.72. The number of aryl methyl sites for hydroxylation is 2. The van der Waals surface area contributed by atoms with Gasteiger partial charge in [0.15, 0.2) is 5.16 Å². The zero-order chi connectivity index (χ0) is 14.9. The largest absolute Gasteiger partial charge is 0.493 e. The fourth-order valence-electron chi connectivity index (χ4n) is 1.89. The van der Waals surface area contributed by atoms with Crippen molar-refractivity contribution in [2.24, 2.45) is 0 Å². The van der Waals surface area contributed by atoms with Crippen molar-refractivity contribution in [3.63, 3.8) is 0 Å². The predicted octanol–water partition coefficient (Wildman–Crippen LogP) is 2.79. The number of hydrogen-bond acceptors (Lipinski definition) is 5. The van der Waals surface area contributed by atoms with Crippen LogP contribution in [0.4, 0.5) is 0 Å². The molecule has 114 valence electrons. The summed E-state index contributed by atoms with van der Waals surface area (Å²) in [6.45, 7) is 4.34. The van der Waals surface area contributed by atoms with E-state index in [4.69, 9.17) is 9.47 Å². The van der Waals surface area contributed by atoms with E-state index in [9.17, 15) is 0 Å². The molecule has 1 aromatic heterocycles. The minimum Gasteiger partial charge on any atom is -0.493 e. The number of hydrogen-bond donors (Lipinski definition) is 0. The Morgan fingerprint density at radius 1 is 1.29 bits per heavy atom. The normalized spacial score (nSPS) is 10.8. The molecule has 0 radical (unpaired) electrons. The summed E-state index contributed by atoms with van der Waals surface area (Å²) in [6.07, 6.45) is 2.72. The van der Waals surface area contributed by atoms with Gasteiger partial charge in [0.1, 0.15) is 12.1 Å². The highest BCUT2D eigenvalue weighted by Crippen LogP contribution is 2.17. The molecule has 1 heterocycles. The first-order valence-electron chi connectivity index (χ1n) is 6.98. The lowest BCUT2D eigenvalue weighted by Gasteiger charge is -2.07. The zero-order valence-electron chi connectivity index (χ0n) is 12.5. The van der Waals surface area contributed by atoms with E-state index in [0.717, 1.165) is 36.2 Å². The third-order valence-electron chi connectivity index (χ3n) is 2.90. The molecule has 0 aliphatic heterocycles. The Bertz CT molecular complexity index is 545. The molecular weight excluding hydrogens is 286 g/mol. The maximum atomic E-state index is 5.73. The second-order valence-electron chi connectivity index (χ2n) is 4.67.